The molecule has 0 fully saturated rings. The predicted molar refractivity (Wildman–Crippen MR) is 99.5 cm³/mol. The maximum Gasteiger partial charge on any atom is 0.341 e. The highest BCUT2D eigenvalue weighted by Gasteiger charge is 2.15. The third kappa shape index (κ3) is 5.60. The Morgan fingerprint density at radius 1 is 0.964 bits per heavy atom. The fourth-order valence-electron chi connectivity index (χ4n) is 2.43. The van der Waals surface area contributed by atoms with Gasteiger partial charge in [-0.25, -0.2) is 9.18 Å². The minimum Gasteiger partial charge on any atom is -0.497 e. The quantitative estimate of drug-likeness (QED) is 0.661. The Bertz CT molecular complexity index is 839. The van der Waals surface area contributed by atoms with Crippen molar-refractivity contribution >= 4 is 11.9 Å². The molecule has 0 unspecified atom stereocenters. The van der Waals surface area contributed by atoms with E-state index in [1.165, 1.54) is 19.2 Å². The molecule has 2 rings (SSSR count). The molecule has 0 aliphatic heterocycles. The molecule has 0 atom stereocenters. The van der Waals surface area contributed by atoms with Crippen molar-refractivity contribution in [3.8, 4) is 17.2 Å². The topological polar surface area (TPSA) is 83.1 Å². The van der Waals surface area contributed by atoms with Crippen LogP contribution >= 0.6 is 0 Å². The number of nitrogens with one attached hydrogen (secondary N) is 1. The van der Waals surface area contributed by atoms with Crippen LogP contribution in [-0.2, 0) is 16.0 Å². The maximum absolute atomic E-state index is 13.8. The molecule has 1 amide bonds. The highest BCUT2D eigenvalue weighted by molar-refractivity contribution is 5.91. The average Bonchev–Trinajstić information content (AvgIpc) is 2.71. The molecule has 0 aliphatic carbocycles. The van der Waals surface area contributed by atoms with Crippen LogP contribution in [0.5, 0.6) is 17.2 Å². The van der Waals surface area contributed by atoms with Crippen molar-refractivity contribution in [3.05, 3.63) is 53.3 Å². The van der Waals surface area contributed by atoms with E-state index in [0.29, 0.717) is 24.5 Å². The number of ether oxygens (including phenoxy) is 4. The normalized spacial score (nSPS) is 10.1. The summed E-state index contributed by atoms with van der Waals surface area (Å²) in [6.45, 7) is -0.168. The number of amides is 1. The van der Waals surface area contributed by atoms with E-state index >= 15 is 0 Å². The molecule has 0 heterocycles. The first-order chi connectivity index (χ1) is 13.5. The van der Waals surface area contributed by atoms with Gasteiger partial charge in [0.2, 0.25) is 0 Å². The standard InChI is InChI=1S/C20H22FNO6/c1-25-14-5-6-15(16(21)11-14)20(24)28-12-19(23)22-9-8-13-4-7-17(26-2)18(10-13)27-3/h4-7,10-11H,8-9,12H2,1-3H3,(H,22,23). The number of rotatable bonds is 9. The molecule has 0 bridgehead atoms. The third-order valence-corrected chi connectivity index (χ3v) is 3.91. The predicted octanol–water partition coefficient (Wildman–Crippen LogP) is 2.37. The van der Waals surface area contributed by atoms with Gasteiger partial charge in [-0.3, -0.25) is 4.79 Å². The van der Waals surface area contributed by atoms with Gasteiger partial charge in [0.15, 0.2) is 18.1 Å². The molecule has 0 aromatic heterocycles. The van der Waals surface area contributed by atoms with Crippen molar-refractivity contribution in [2.24, 2.45) is 0 Å². The van der Waals surface area contributed by atoms with Crippen molar-refractivity contribution in [2.45, 2.75) is 6.42 Å². The largest absolute Gasteiger partial charge is 0.497 e. The smallest absolute Gasteiger partial charge is 0.341 e. The number of hydrogen-bond acceptors (Lipinski definition) is 6. The lowest BCUT2D eigenvalue weighted by molar-refractivity contribution is -0.124. The van der Waals surface area contributed by atoms with Crippen LogP contribution in [0.15, 0.2) is 36.4 Å². The summed E-state index contributed by atoms with van der Waals surface area (Å²) in [5.41, 5.74) is 0.675. The lowest BCUT2D eigenvalue weighted by Gasteiger charge is -2.10. The Kier molecular flexibility index (Phi) is 7.62. The molecule has 2 aromatic carbocycles. The van der Waals surface area contributed by atoms with Gasteiger partial charge in [0.05, 0.1) is 26.9 Å². The molecule has 150 valence electrons. The highest BCUT2D eigenvalue weighted by atomic mass is 19.1. The summed E-state index contributed by atoms with van der Waals surface area (Å²) in [4.78, 5) is 23.7. The van der Waals surface area contributed by atoms with Crippen LogP contribution in [0.4, 0.5) is 4.39 Å². The zero-order chi connectivity index (χ0) is 20.5. The molecule has 0 saturated heterocycles. The van der Waals surface area contributed by atoms with Gasteiger partial charge in [0, 0.05) is 12.6 Å². The van der Waals surface area contributed by atoms with Gasteiger partial charge in [-0.15, -0.1) is 0 Å². The number of hydrogen-bond donors (Lipinski definition) is 1. The van der Waals surface area contributed by atoms with Crippen LogP contribution in [0.25, 0.3) is 0 Å². The van der Waals surface area contributed by atoms with Crippen LogP contribution in [0, 0.1) is 5.82 Å². The number of esters is 1. The van der Waals surface area contributed by atoms with E-state index < -0.39 is 24.3 Å². The first-order valence-corrected chi connectivity index (χ1v) is 8.46. The zero-order valence-electron chi connectivity index (χ0n) is 15.9. The third-order valence-electron chi connectivity index (χ3n) is 3.91. The monoisotopic (exact) mass is 391 g/mol. The van der Waals surface area contributed by atoms with Gasteiger partial charge in [0.25, 0.3) is 5.91 Å². The van der Waals surface area contributed by atoms with Crippen molar-refractivity contribution in [3.63, 3.8) is 0 Å². The van der Waals surface area contributed by atoms with Crippen LogP contribution in [0.1, 0.15) is 15.9 Å². The van der Waals surface area contributed by atoms with Crippen LogP contribution in [0.3, 0.4) is 0 Å². The Hall–Kier alpha value is -3.29. The van der Waals surface area contributed by atoms with E-state index in [1.807, 2.05) is 12.1 Å². The average molecular weight is 391 g/mol. The first-order valence-electron chi connectivity index (χ1n) is 8.46. The number of methoxy groups -OCH3 is 3. The van der Waals surface area contributed by atoms with Gasteiger partial charge in [-0.05, 0) is 36.2 Å². The Morgan fingerprint density at radius 2 is 1.71 bits per heavy atom. The molecule has 0 spiro atoms. The molecule has 8 heteroatoms. The van der Waals surface area contributed by atoms with Crippen molar-refractivity contribution in [1.82, 2.24) is 5.32 Å². The summed E-state index contributed by atoms with van der Waals surface area (Å²) in [5, 5.41) is 2.63. The molecule has 0 radical (unpaired) electrons. The fraction of sp³-hybridized carbons (Fsp3) is 0.300. The zero-order valence-corrected chi connectivity index (χ0v) is 15.9. The number of benzene rings is 2. The first kappa shape index (κ1) is 21.0. The van der Waals surface area contributed by atoms with E-state index in [4.69, 9.17) is 18.9 Å². The summed E-state index contributed by atoms with van der Waals surface area (Å²) in [7, 11) is 4.49. The van der Waals surface area contributed by atoms with E-state index in [9.17, 15) is 14.0 Å². The molecule has 2 aromatic rings. The molecule has 0 saturated carbocycles. The second-order valence-corrected chi connectivity index (χ2v) is 5.71. The van der Waals surface area contributed by atoms with Crippen molar-refractivity contribution < 1.29 is 32.9 Å². The van der Waals surface area contributed by atoms with Gasteiger partial charge >= 0.3 is 5.97 Å². The second kappa shape index (κ2) is 10.1. The molecule has 7 nitrogen and oxygen atoms in total. The number of halogens is 1. The molecule has 28 heavy (non-hydrogen) atoms. The van der Waals surface area contributed by atoms with Crippen LogP contribution in [-0.4, -0.2) is 46.4 Å². The summed E-state index contributed by atoms with van der Waals surface area (Å²) in [5.74, 6) is -0.687. The summed E-state index contributed by atoms with van der Waals surface area (Å²) in [6.07, 6.45) is 0.549. The Morgan fingerprint density at radius 3 is 2.36 bits per heavy atom. The Labute approximate surface area is 162 Å². The lowest BCUT2D eigenvalue weighted by Crippen LogP contribution is -2.30. The van der Waals surface area contributed by atoms with Gasteiger partial charge < -0.3 is 24.3 Å². The lowest BCUT2D eigenvalue weighted by atomic mass is 10.1. The van der Waals surface area contributed by atoms with E-state index in [2.05, 4.69) is 5.32 Å². The van der Waals surface area contributed by atoms with Crippen LogP contribution in [0.2, 0.25) is 0 Å². The molecule has 1 N–H and O–H groups in total. The second-order valence-electron chi connectivity index (χ2n) is 5.71. The van der Waals surface area contributed by atoms with Crippen LogP contribution < -0.4 is 19.5 Å². The molecular formula is C20H22FNO6. The van der Waals surface area contributed by atoms with E-state index in [-0.39, 0.29) is 11.3 Å². The molecule has 0 aliphatic rings. The molecular weight excluding hydrogens is 369 g/mol. The Balaban J connectivity index is 1.79. The number of carbonyl (C=O) groups excluding carboxylic acids is 2. The van der Waals surface area contributed by atoms with Gasteiger partial charge in [0.1, 0.15) is 11.6 Å². The van der Waals surface area contributed by atoms with Gasteiger partial charge in [-0.1, -0.05) is 6.07 Å². The van der Waals surface area contributed by atoms with E-state index in [0.717, 1.165) is 11.6 Å². The van der Waals surface area contributed by atoms with Gasteiger partial charge in [-0.2, -0.15) is 0 Å². The minimum atomic E-state index is -0.921. The van der Waals surface area contributed by atoms with E-state index in [1.54, 1.807) is 20.3 Å². The number of carbonyl (C=O) groups is 2. The SMILES string of the molecule is COc1ccc(C(=O)OCC(=O)NCCc2ccc(OC)c(OC)c2)c(F)c1. The summed E-state index contributed by atoms with van der Waals surface area (Å²) < 4.78 is 33.9. The highest BCUT2D eigenvalue weighted by Crippen LogP contribution is 2.27. The fourth-order valence-corrected chi connectivity index (χ4v) is 2.43. The summed E-state index contributed by atoms with van der Waals surface area (Å²) in [6, 6.07) is 9.20. The van der Waals surface area contributed by atoms with Crippen molar-refractivity contribution in [2.75, 3.05) is 34.5 Å². The summed E-state index contributed by atoms with van der Waals surface area (Å²) >= 11 is 0. The minimum absolute atomic E-state index is 0.265. The van der Waals surface area contributed by atoms with Crippen molar-refractivity contribution in [1.29, 1.82) is 0 Å². The maximum atomic E-state index is 13.8.